The van der Waals surface area contributed by atoms with Crippen molar-refractivity contribution in [1.29, 1.82) is 0 Å². The first kappa shape index (κ1) is 12.5. The standard InChI is InChI=1S/C11H10BrN3S2/c12-7-1-2-10(9(3-7)11(13)16)15-5-8-4-14-6-17-8/h1-4,6,15H,5H2,(H2,13,16). The average Bonchev–Trinajstić information content (AvgIpc) is 2.80. The molecule has 0 aliphatic heterocycles. The third-order valence-corrected chi connectivity index (χ3v) is 3.68. The van der Waals surface area contributed by atoms with Crippen molar-refractivity contribution >= 4 is 50.2 Å². The number of hydrogen-bond donors (Lipinski definition) is 2. The molecule has 0 spiro atoms. The van der Waals surface area contributed by atoms with Crippen molar-refractivity contribution in [2.45, 2.75) is 6.54 Å². The van der Waals surface area contributed by atoms with E-state index in [9.17, 15) is 0 Å². The number of rotatable bonds is 4. The van der Waals surface area contributed by atoms with Crippen LogP contribution in [0.15, 0.2) is 34.4 Å². The molecule has 0 aliphatic rings. The first-order valence-corrected chi connectivity index (χ1v) is 6.95. The lowest BCUT2D eigenvalue weighted by Crippen LogP contribution is -2.13. The molecule has 3 N–H and O–H groups in total. The molecule has 1 aromatic carbocycles. The lowest BCUT2D eigenvalue weighted by atomic mass is 10.2. The smallest absolute Gasteiger partial charge is 0.106 e. The highest BCUT2D eigenvalue weighted by Gasteiger charge is 2.06. The largest absolute Gasteiger partial charge is 0.389 e. The maximum atomic E-state index is 5.69. The molecule has 0 unspecified atom stereocenters. The summed E-state index contributed by atoms with van der Waals surface area (Å²) in [5, 5.41) is 3.31. The van der Waals surface area contributed by atoms with E-state index in [1.165, 1.54) is 4.88 Å². The van der Waals surface area contributed by atoms with Crippen LogP contribution in [0.25, 0.3) is 0 Å². The Morgan fingerprint density at radius 1 is 1.53 bits per heavy atom. The quantitative estimate of drug-likeness (QED) is 0.847. The Bertz CT molecular complexity index is 526. The van der Waals surface area contributed by atoms with Crippen LogP contribution in [-0.4, -0.2) is 9.97 Å². The number of nitrogens with two attached hydrogens (primary N) is 1. The van der Waals surface area contributed by atoms with E-state index in [1.54, 1.807) is 11.3 Å². The zero-order valence-electron chi connectivity index (χ0n) is 8.81. The van der Waals surface area contributed by atoms with Gasteiger partial charge in [-0.1, -0.05) is 28.1 Å². The van der Waals surface area contributed by atoms with Crippen LogP contribution >= 0.6 is 39.5 Å². The first-order chi connectivity index (χ1) is 8.16. The van der Waals surface area contributed by atoms with Crippen molar-refractivity contribution in [3.05, 3.63) is 44.8 Å². The van der Waals surface area contributed by atoms with Crippen LogP contribution in [0.4, 0.5) is 5.69 Å². The van der Waals surface area contributed by atoms with E-state index in [4.69, 9.17) is 18.0 Å². The molecule has 88 valence electrons. The molecule has 17 heavy (non-hydrogen) atoms. The maximum absolute atomic E-state index is 5.69. The van der Waals surface area contributed by atoms with E-state index in [0.29, 0.717) is 4.99 Å². The van der Waals surface area contributed by atoms with Crippen molar-refractivity contribution in [2.24, 2.45) is 5.73 Å². The number of nitrogens with zero attached hydrogens (tertiary/aromatic N) is 1. The molecule has 0 amide bonds. The maximum Gasteiger partial charge on any atom is 0.106 e. The molecule has 0 saturated heterocycles. The van der Waals surface area contributed by atoms with E-state index in [2.05, 4.69) is 26.2 Å². The van der Waals surface area contributed by atoms with Gasteiger partial charge in [-0.3, -0.25) is 4.98 Å². The summed E-state index contributed by atoms with van der Waals surface area (Å²) >= 11 is 10.0. The number of nitrogens with one attached hydrogen (secondary N) is 1. The van der Waals surface area contributed by atoms with Gasteiger partial charge in [0.1, 0.15) is 4.99 Å². The van der Waals surface area contributed by atoms with Crippen molar-refractivity contribution < 1.29 is 0 Å². The Labute approximate surface area is 117 Å². The second kappa shape index (κ2) is 5.57. The van der Waals surface area contributed by atoms with Crippen molar-refractivity contribution in [3.63, 3.8) is 0 Å². The fraction of sp³-hybridized carbons (Fsp3) is 0.0909. The lowest BCUT2D eigenvalue weighted by molar-refractivity contribution is 1.17. The van der Waals surface area contributed by atoms with Gasteiger partial charge in [-0.05, 0) is 18.2 Å². The number of thiocarbonyl (C=S) groups is 1. The van der Waals surface area contributed by atoms with E-state index in [1.807, 2.05) is 29.9 Å². The van der Waals surface area contributed by atoms with E-state index in [0.717, 1.165) is 22.3 Å². The molecule has 1 heterocycles. The predicted octanol–water partition coefficient (Wildman–Crippen LogP) is 3.15. The predicted molar refractivity (Wildman–Crippen MR) is 79.5 cm³/mol. The van der Waals surface area contributed by atoms with E-state index < -0.39 is 0 Å². The SMILES string of the molecule is NC(=S)c1cc(Br)ccc1NCc1cncs1. The Balaban J connectivity index is 2.17. The molecule has 0 aliphatic carbocycles. The monoisotopic (exact) mass is 327 g/mol. The van der Waals surface area contributed by atoms with Crippen LogP contribution in [-0.2, 0) is 6.54 Å². The van der Waals surface area contributed by atoms with Gasteiger partial charge in [-0.2, -0.15) is 0 Å². The third-order valence-electron chi connectivity index (χ3n) is 2.18. The van der Waals surface area contributed by atoms with Crippen LogP contribution in [0.3, 0.4) is 0 Å². The number of anilines is 1. The number of halogens is 1. The molecular formula is C11H10BrN3S2. The Morgan fingerprint density at radius 3 is 3.00 bits per heavy atom. The van der Waals surface area contributed by atoms with Crippen molar-refractivity contribution in [1.82, 2.24) is 4.98 Å². The first-order valence-electron chi connectivity index (χ1n) is 4.87. The molecule has 0 saturated carbocycles. The summed E-state index contributed by atoms with van der Waals surface area (Å²) in [6.07, 6.45) is 1.84. The molecule has 6 heteroatoms. The zero-order valence-corrected chi connectivity index (χ0v) is 12.0. The average molecular weight is 328 g/mol. The van der Waals surface area contributed by atoms with Gasteiger partial charge in [0.05, 0.1) is 12.1 Å². The van der Waals surface area contributed by atoms with Crippen LogP contribution in [0.1, 0.15) is 10.4 Å². The van der Waals surface area contributed by atoms with Crippen LogP contribution in [0.5, 0.6) is 0 Å². The highest BCUT2D eigenvalue weighted by molar-refractivity contribution is 9.10. The normalized spacial score (nSPS) is 10.2. The zero-order chi connectivity index (χ0) is 12.3. The number of hydrogen-bond acceptors (Lipinski definition) is 4. The topological polar surface area (TPSA) is 50.9 Å². The minimum Gasteiger partial charge on any atom is -0.389 e. The Kier molecular flexibility index (Phi) is 4.09. The molecule has 0 bridgehead atoms. The highest BCUT2D eigenvalue weighted by Crippen LogP contribution is 2.22. The van der Waals surface area contributed by atoms with Crippen LogP contribution in [0.2, 0.25) is 0 Å². The second-order valence-electron chi connectivity index (χ2n) is 3.38. The molecule has 0 fully saturated rings. The highest BCUT2D eigenvalue weighted by atomic mass is 79.9. The number of benzene rings is 1. The summed E-state index contributed by atoms with van der Waals surface area (Å²) < 4.78 is 0.962. The van der Waals surface area contributed by atoms with Gasteiger partial charge >= 0.3 is 0 Å². The minimum atomic E-state index is 0.387. The summed E-state index contributed by atoms with van der Waals surface area (Å²) in [4.78, 5) is 5.58. The molecule has 0 radical (unpaired) electrons. The van der Waals surface area contributed by atoms with Gasteiger partial charge in [0.2, 0.25) is 0 Å². The molecule has 1 aromatic heterocycles. The summed E-state index contributed by atoms with van der Waals surface area (Å²) in [5.74, 6) is 0. The van der Waals surface area contributed by atoms with E-state index in [-0.39, 0.29) is 0 Å². The summed E-state index contributed by atoms with van der Waals surface area (Å²) in [7, 11) is 0. The molecule has 0 atom stereocenters. The molecule has 2 rings (SSSR count). The molecule has 3 nitrogen and oxygen atoms in total. The minimum absolute atomic E-state index is 0.387. The third kappa shape index (κ3) is 3.24. The van der Waals surface area contributed by atoms with Gasteiger partial charge in [0.25, 0.3) is 0 Å². The second-order valence-corrected chi connectivity index (χ2v) is 5.70. The van der Waals surface area contributed by atoms with Gasteiger partial charge < -0.3 is 11.1 Å². The summed E-state index contributed by atoms with van der Waals surface area (Å²) in [6.45, 7) is 0.724. The van der Waals surface area contributed by atoms with E-state index >= 15 is 0 Å². The number of aromatic nitrogens is 1. The summed E-state index contributed by atoms with van der Waals surface area (Å²) in [6, 6.07) is 5.83. The van der Waals surface area contributed by atoms with Gasteiger partial charge in [-0.15, -0.1) is 11.3 Å². The molecular weight excluding hydrogens is 318 g/mol. The van der Waals surface area contributed by atoms with Crippen LogP contribution < -0.4 is 11.1 Å². The summed E-state index contributed by atoms with van der Waals surface area (Å²) in [5.41, 5.74) is 9.29. The Morgan fingerprint density at radius 2 is 2.35 bits per heavy atom. The van der Waals surface area contributed by atoms with Gasteiger partial charge in [0.15, 0.2) is 0 Å². The fourth-order valence-corrected chi connectivity index (χ4v) is 2.45. The Hall–Kier alpha value is -0.980. The van der Waals surface area contributed by atoms with Crippen molar-refractivity contribution in [2.75, 3.05) is 5.32 Å². The van der Waals surface area contributed by atoms with Crippen molar-refractivity contribution in [3.8, 4) is 0 Å². The fourth-order valence-electron chi connectivity index (χ4n) is 1.39. The number of thiazole rings is 1. The molecule has 2 aromatic rings. The van der Waals surface area contributed by atoms with Gasteiger partial charge in [-0.25, -0.2) is 0 Å². The van der Waals surface area contributed by atoms with Gasteiger partial charge in [0, 0.05) is 26.8 Å². The lowest BCUT2D eigenvalue weighted by Gasteiger charge is -2.10. The van der Waals surface area contributed by atoms with Crippen LogP contribution in [0, 0.1) is 0 Å².